The van der Waals surface area contributed by atoms with Crippen molar-refractivity contribution in [1.29, 1.82) is 0 Å². The highest BCUT2D eigenvalue weighted by atomic mass is 32.2. The average molecular weight is 480 g/mol. The SMILES string of the molecule is Cc1cc(C(=O)N2CCC(CO)CC2)cc(C)c1/C=C/S(=O)(=O)N1CCC(N)(C(=O)O)CC1. The van der Waals surface area contributed by atoms with E-state index in [1.807, 2.05) is 13.8 Å². The maximum absolute atomic E-state index is 12.9. The third kappa shape index (κ3) is 5.63. The van der Waals surface area contributed by atoms with E-state index in [0.29, 0.717) is 18.7 Å². The van der Waals surface area contributed by atoms with Crippen molar-refractivity contribution in [3.8, 4) is 0 Å². The first-order valence-corrected chi connectivity index (χ1v) is 12.7. The van der Waals surface area contributed by atoms with Gasteiger partial charge in [-0.2, -0.15) is 4.31 Å². The fourth-order valence-electron chi connectivity index (χ4n) is 4.46. The van der Waals surface area contributed by atoms with Crippen molar-refractivity contribution in [3.63, 3.8) is 0 Å². The third-order valence-electron chi connectivity index (χ3n) is 6.81. The predicted octanol–water partition coefficient (Wildman–Crippen LogP) is 1.33. The van der Waals surface area contributed by atoms with Crippen LogP contribution in [0, 0.1) is 19.8 Å². The van der Waals surface area contributed by atoms with Gasteiger partial charge < -0.3 is 20.8 Å². The van der Waals surface area contributed by atoms with Gasteiger partial charge in [-0.15, -0.1) is 0 Å². The monoisotopic (exact) mass is 479 g/mol. The lowest BCUT2D eigenvalue weighted by Crippen LogP contribution is -2.56. The standard InChI is InChI=1S/C23H33N3O6S/c1-16-13-19(21(28)25-8-3-18(15-27)4-9-25)14-17(2)20(16)5-12-33(31,32)26-10-6-23(24,7-11-26)22(29)30/h5,12-14,18,27H,3-4,6-11,15,24H2,1-2H3,(H,29,30)/b12-5+. The molecule has 0 bridgehead atoms. The van der Waals surface area contributed by atoms with Gasteiger partial charge in [0.15, 0.2) is 0 Å². The van der Waals surface area contributed by atoms with Crippen LogP contribution in [0.2, 0.25) is 0 Å². The lowest BCUT2D eigenvalue weighted by molar-refractivity contribution is -0.144. The molecule has 2 saturated heterocycles. The smallest absolute Gasteiger partial charge is 0.323 e. The second-order valence-corrected chi connectivity index (χ2v) is 11.0. The lowest BCUT2D eigenvalue weighted by atomic mass is 9.90. The number of aliphatic carboxylic acids is 1. The Balaban J connectivity index is 1.71. The van der Waals surface area contributed by atoms with Crippen LogP contribution in [-0.4, -0.2) is 78.0 Å². The molecule has 4 N–H and O–H groups in total. The molecule has 2 heterocycles. The maximum atomic E-state index is 12.9. The highest BCUT2D eigenvalue weighted by Crippen LogP contribution is 2.25. The van der Waals surface area contributed by atoms with Crippen molar-refractivity contribution in [2.75, 3.05) is 32.8 Å². The molecule has 9 nitrogen and oxygen atoms in total. The van der Waals surface area contributed by atoms with Gasteiger partial charge in [0.05, 0.1) is 0 Å². The quantitative estimate of drug-likeness (QED) is 0.559. The first-order chi connectivity index (χ1) is 15.5. The number of sulfonamides is 1. The number of carbonyl (C=O) groups excluding carboxylic acids is 1. The zero-order valence-electron chi connectivity index (χ0n) is 19.2. The lowest BCUT2D eigenvalue weighted by Gasteiger charge is -2.34. The number of likely N-dealkylation sites (tertiary alicyclic amines) is 1. The summed E-state index contributed by atoms with van der Waals surface area (Å²) in [5.41, 5.74) is 7.32. The number of rotatable bonds is 6. The Morgan fingerprint density at radius 1 is 1.12 bits per heavy atom. The van der Waals surface area contributed by atoms with Crippen LogP contribution in [0.25, 0.3) is 6.08 Å². The van der Waals surface area contributed by atoms with Gasteiger partial charge in [-0.3, -0.25) is 9.59 Å². The number of amides is 1. The average Bonchev–Trinajstić information content (AvgIpc) is 2.78. The molecule has 0 aliphatic carbocycles. The summed E-state index contributed by atoms with van der Waals surface area (Å²) in [5.74, 6) is -0.927. The first-order valence-electron chi connectivity index (χ1n) is 11.2. The van der Waals surface area contributed by atoms with Gasteiger partial charge in [0.25, 0.3) is 5.91 Å². The van der Waals surface area contributed by atoms with Gasteiger partial charge in [-0.05, 0) is 80.3 Å². The molecule has 0 unspecified atom stereocenters. The van der Waals surface area contributed by atoms with Crippen LogP contribution >= 0.6 is 0 Å². The molecule has 0 atom stereocenters. The number of carbonyl (C=O) groups is 2. The summed E-state index contributed by atoms with van der Waals surface area (Å²) in [5, 5.41) is 19.6. The van der Waals surface area contributed by atoms with E-state index in [1.165, 1.54) is 10.4 Å². The second kappa shape index (κ2) is 9.92. The summed E-state index contributed by atoms with van der Waals surface area (Å²) in [6.45, 7) is 5.15. The van der Waals surface area contributed by atoms with Gasteiger partial charge in [0.1, 0.15) is 5.54 Å². The van der Waals surface area contributed by atoms with Gasteiger partial charge >= 0.3 is 5.97 Å². The zero-order chi connectivity index (χ0) is 24.4. The van der Waals surface area contributed by atoms with Crippen LogP contribution < -0.4 is 5.73 Å². The topological polar surface area (TPSA) is 141 Å². The normalized spacial score (nSPS) is 20.3. The van der Waals surface area contributed by atoms with Crippen LogP contribution in [0.5, 0.6) is 0 Å². The Hall–Kier alpha value is -2.27. The van der Waals surface area contributed by atoms with Gasteiger partial charge in [-0.25, -0.2) is 8.42 Å². The fraction of sp³-hybridized carbons (Fsp3) is 0.565. The summed E-state index contributed by atoms with van der Waals surface area (Å²) in [7, 11) is -3.73. The molecular weight excluding hydrogens is 446 g/mol. The minimum Gasteiger partial charge on any atom is -0.480 e. The summed E-state index contributed by atoms with van der Waals surface area (Å²) in [4.78, 5) is 26.0. The van der Waals surface area contributed by atoms with E-state index in [1.54, 1.807) is 17.0 Å². The van der Waals surface area contributed by atoms with Gasteiger partial charge in [0.2, 0.25) is 10.0 Å². The molecule has 1 aromatic carbocycles. The van der Waals surface area contributed by atoms with Crippen molar-refractivity contribution < 1.29 is 28.2 Å². The fourth-order valence-corrected chi connectivity index (χ4v) is 5.63. The summed E-state index contributed by atoms with van der Waals surface area (Å²) >= 11 is 0. The molecule has 2 fully saturated rings. The van der Waals surface area contributed by atoms with Crippen molar-refractivity contribution in [1.82, 2.24) is 9.21 Å². The largest absolute Gasteiger partial charge is 0.480 e. The Morgan fingerprint density at radius 2 is 1.67 bits per heavy atom. The molecule has 33 heavy (non-hydrogen) atoms. The Labute approximate surface area is 194 Å². The zero-order valence-corrected chi connectivity index (χ0v) is 20.0. The number of hydrogen-bond acceptors (Lipinski definition) is 6. The Kier molecular flexibility index (Phi) is 7.62. The number of carboxylic acid groups (broad SMARTS) is 1. The summed E-state index contributed by atoms with van der Waals surface area (Å²) in [6.07, 6.45) is 3.21. The van der Waals surface area contributed by atoms with Crippen molar-refractivity contribution in [2.45, 2.75) is 45.1 Å². The number of piperidine rings is 2. The molecule has 1 amide bonds. The number of aliphatic hydroxyl groups is 1. The van der Waals surface area contributed by atoms with Crippen molar-refractivity contribution >= 4 is 28.0 Å². The second-order valence-electron chi connectivity index (χ2n) is 9.15. The molecule has 182 valence electrons. The Morgan fingerprint density at radius 3 is 2.15 bits per heavy atom. The number of aryl methyl sites for hydroxylation is 2. The molecule has 2 aliphatic heterocycles. The maximum Gasteiger partial charge on any atom is 0.323 e. The van der Waals surface area contributed by atoms with E-state index in [4.69, 9.17) is 5.73 Å². The molecule has 10 heteroatoms. The summed E-state index contributed by atoms with van der Waals surface area (Å²) < 4.78 is 26.8. The molecule has 3 rings (SSSR count). The van der Waals surface area contributed by atoms with E-state index in [2.05, 4.69) is 0 Å². The van der Waals surface area contributed by atoms with E-state index in [-0.39, 0.29) is 44.4 Å². The number of hydrogen-bond donors (Lipinski definition) is 3. The number of carboxylic acids is 1. The van der Waals surface area contributed by atoms with E-state index >= 15 is 0 Å². The number of nitrogens with two attached hydrogens (primary N) is 1. The molecule has 0 aromatic heterocycles. The highest BCUT2D eigenvalue weighted by molar-refractivity contribution is 7.92. The minimum absolute atomic E-state index is 0.0495. The third-order valence-corrected chi connectivity index (χ3v) is 8.37. The molecule has 0 saturated carbocycles. The molecule has 0 spiro atoms. The number of benzene rings is 1. The van der Waals surface area contributed by atoms with Crippen LogP contribution in [-0.2, 0) is 14.8 Å². The van der Waals surface area contributed by atoms with Crippen LogP contribution in [0.15, 0.2) is 17.5 Å². The van der Waals surface area contributed by atoms with E-state index in [9.17, 15) is 28.2 Å². The van der Waals surface area contributed by atoms with Crippen molar-refractivity contribution in [2.24, 2.45) is 11.7 Å². The molecular formula is C23H33N3O6S. The summed E-state index contributed by atoms with van der Waals surface area (Å²) in [6, 6.07) is 3.55. The van der Waals surface area contributed by atoms with Crippen molar-refractivity contribution in [3.05, 3.63) is 39.8 Å². The van der Waals surface area contributed by atoms with Gasteiger partial charge in [-0.1, -0.05) is 0 Å². The molecule has 1 aromatic rings. The van der Waals surface area contributed by atoms with E-state index < -0.39 is 21.5 Å². The molecule has 0 radical (unpaired) electrons. The predicted molar refractivity (Wildman–Crippen MR) is 125 cm³/mol. The minimum atomic E-state index is -3.73. The van der Waals surface area contributed by atoms with E-state index in [0.717, 1.165) is 34.9 Å². The molecule has 2 aliphatic rings. The van der Waals surface area contributed by atoms with Crippen LogP contribution in [0.1, 0.15) is 52.7 Å². The number of aliphatic hydroxyl groups excluding tert-OH is 1. The van der Waals surface area contributed by atoms with Gasteiger partial charge in [0, 0.05) is 43.8 Å². The van der Waals surface area contributed by atoms with Crippen LogP contribution in [0.4, 0.5) is 0 Å². The first kappa shape index (κ1) is 25.4. The highest BCUT2D eigenvalue weighted by Gasteiger charge is 2.40. The Bertz CT molecular complexity index is 1010. The number of nitrogens with zero attached hydrogens (tertiary/aromatic N) is 2. The van der Waals surface area contributed by atoms with Crippen LogP contribution in [0.3, 0.4) is 0 Å².